The zero-order chi connectivity index (χ0) is 10.9. The minimum Gasteiger partial charge on any atom is -0.0842 e. The molecule has 0 bridgehead atoms. The third kappa shape index (κ3) is 6.19. The molecule has 0 saturated heterocycles. The number of hydrogen-bond acceptors (Lipinski definition) is 0. The van der Waals surface area contributed by atoms with E-state index in [1.54, 1.807) is 5.57 Å². The zero-order valence-electron chi connectivity index (χ0n) is 9.84. The molecule has 0 amide bonds. The summed E-state index contributed by atoms with van der Waals surface area (Å²) in [5.41, 5.74) is 1.62. The number of hydrogen-bond donors (Lipinski definition) is 0. The predicted molar refractivity (Wildman–Crippen MR) is 72.5 cm³/mol. The van der Waals surface area contributed by atoms with Gasteiger partial charge < -0.3 is 0 Å². The topological polar surface area (TPSA) is 0 Å². The van der Waals surface area contributed by atoms with Gasteiger partial charge in [0.05, 0.1) is 0 Å². The van der Waals surface area contributed by atoms with Gasteiger partial charge in [0.1, 0.15) is 0 Å². The molecule has 1 aliphatic rings. The Balaban J connectivity index is 2.00. The number of allylic oxidation sites excluding steroid dienone is 4. The van der Waals surface area contributed by atoms with Gasteiger partial charge in [-0.25, -0.2) is 0 Å². The molecule has 0 saturated carbocycles. The predicted octanol–water partition coefficient (Wildman–Crippen LogP) is 5.39. The second-order valence-electron chi connectivity index (χ2n) is 4.45. The molecule has 0 heterocycles. The number of rotatable bonds is 7. The standard InChI is InChI=1S/C14H23Br/c1-2-3-4-5-6-7-9-13-10-8-11-14(15)12-13/h8,10-11,14H,2-7,9,12H2,1H3. The van der Waals surface area contributed by atoms with Crippen LogP contribution in [0.5, 0.6) is 0 Å². The van der Waals surface area contributed by atoms with Crippen LogP contribution >= 0.6 is 15.9 Å². The number of alkyl halides is 1. The van der Waals surface area contributed by atoms with Gasteiger partial charge >= 0.3 is 0 Å². The van der Waals surface area contributed by atoms with Crippen molar-refractivity contribution in [3.05, 3.63) is 23.8 Å². The Labute approximate surface area is 103 Å². The van der Waals surface area contributed by atoms with Crippen molar-refractivity contribution in [2.75, 3.05) is 0 Å². The normalized spacial score (nSPS) is 20.4. The lowest BCUT2D eigenvalue weighted by Crippen LogP contribution is -1.99. The van der Waals surface area contributed by atoms with Gasteiger partial charge in [0, 0.05) is 4.83 Å². The summed E-state index contributed by atoms with van der Waals surface area (Å²) in [6, 6.07) is 0. The van der Waals surface area contributed by atoms with Gasteiger partial charge in [-0.3, -0.25) is 0 Å². The maximum Gasteiger partial charge on any atom is 0.0365 e. The minimum atomic E-state index is 0.581. The minimum absolute atomic E-state index is 0.581. The van der Waals surface area contributed by atoms with Crippen molar-refractivity contribution < 1.29 is 0 Å². The molecule has 1 aliphatic carbocycles. The highest BCUT2D eigenvalue weighted by Gasteiger charge is 2.06. The molecule has 1 unspecified atom stereocenters. The van der Waals surface area contributed by atoms with Crippen LogP contribution in [0.3, 0.4) is 0 Å². The Morgan fingerprint density at radius 1 is 1.20 bits per heavy atom. The van der Waals surface area contributed by atoms with Crippen molar-refractivity contribution in [3.63, 3.8) is 0 Å². The van der Waals surface area contributed by atoms with Crippen molar-refractivity contribution in [2.45, 2.75) is 63.1 Å². The molecule has 0 spiro atoms. The van der Waals surface area contributed by atoms with Gasteiger partial charge in [0.2, 0.25) is 0 Å². The lowest BCUT2D eigenvalue weighted by Gasteiger charge is -2.12. The van der Waals surface area contributed by atoms with E-state index in [-0.39, 0.29) is 0 Å². The van der Waals surface area contributed by atoms with Crippen LogP contribution in [-0.2, 0) is 0 Å². The van der Waals surface area contributed by atoms with Crippen LogP contribution in [0.25, 0.3) is 0 Å². The van der Waals surface area contributed by atoms with E-state index in [2.05, 4.69) is 41.1 Å². The summed E-state index contributed by atoms with van der Waals surface area (Å²) in [6.07, 6.45) is 17.6. The summed E-state index contributed by atoms with van der Waals surface area (Å²) in [5, 5.41) is 0. The Morgan fingerprint density at radius 2 is 1.93 bits per heavy atom. The Morgan fingerprint density at radius 3 is 2.67 bits per heavy atom. The highest BCUT2D eigenvalue weighted by atomic mass is 79.9. The van der Waals surface area contributed by atoms with Gasteiger partial charge in [-0.2, -0.15) is 0 Å². The smallest absolute Gasteiger partial charge is 0.0365 e. The van der Waals surface area contributed by atoms with Crippen LogP contribution in [0.2, 0.25) is 0 Å². The molecular weight excluding hydrogens is 248 g/mol. The summed E-state index contributed by atoms with van der Waals surface area (Å²) in [4.78, 5) is 0.581. The average Bonchev–Trinajstić information content (AvgIpc) is 2.23. The maximum absolute atomic E-state index is 3.64. The molecule has 1 heteroatoms. The lowest BCUT2D eigenvalue weighted by molar-refractivity contribution is 0.602. The van der Waals surface area contributed by atoms with Gasteiger partial charge in [-0.05, 0) is 19.3 Å². The van der Waals surface area contributed by atoms with Gasteiger partial charge in [-0.1, -0.05) is 78.8 Å². The Kier molecular flexibility index (Phi) is 7.08. The summed E-state index contributed by atoms with van der Waals surface area (Å²) in [7, 11) is 0. The first-order chi connectivity index (χ1) is 7.33. The molecule has 0 aromatic rings. The Hall–Kier alpha value is -0.0400. The third-order valence-corrected chi connectivity index (χ3v) is 3.59. The average molecular weight is 271 g/mol. The fourth-order valence-corrected chi connectivity index (χ4v) is 2.61. The first kappa shape index (κ1) is 13.0. The SMILES string of the molecule is CCCCCCCCC1=CC=CC(Br)C1. The molecule has 1 atom stereocenters. The second-order valence-corrected chi connectivity index (χ2v) is 5.62. The summed E-state index contributed by atoms with van der Waals surface area (Å²) < 4.78 is 0. The molecule has 0 aliphatic heterocycles. The summed E-state index contributed by atoms with van der Waals surface area (Å²) in [5.74, 6) is 0. The van der Waals surface area contributed by atoms with Crippen LogP contribution in [0.4, 0.5) is 0 Å². The quantitative estimate of drug-likeness (QED) is 0.430. The van der Waals surface area contributed by atoms with Crippen molar-refractivity contribution in [1.29, 1.82) is 0 Å². The van der Waals surface area contributed by atoms with Crippen LogP contribution < -0.4 is 0 Å². The van der Waals surface area contributed by atoms with E-state index in [0.29, 0.717) is 4.83 Å². The van der Waals surface area contributed by atoms with Crippen LogP contribution in [-0.4, -0.2) is 4.83 Å². The van der Waals surface area contributed by atoms with E-state index in [9.17, 15) is 0 Å². The molecule has 86 valence electrons. The van der Waals surface area contributed by atoms with Crippen molar-refractivity contribution in [3.8, 4) is 0 Å². The van der Waals surface area contributed by atoms with E-state index >= 15 is 0 Å². The molecule has 15 heavy (non-hydrogen) atoms. The molecule has 0 nitrogen and oxygen atoms in total. The molecular formula is C14H23Br. The zero-order valence-corrected chi connectivity index (χ0v) is 11.4. The highest BCUT2D eigenvalue weighted by Crippen LogP contribution is 2.23. The Bertz CT molecular complexity index is 215. The first-order valence-electron chi connectivity index (χ1n) is 6.33. The van der Waals surface area contributed by atoms with E-state index in [1.807, 2.05) is 0 Å². The molecule has 0 fully saturated rings. The van der Waals surface area contributed by atoms with Gasteiger partial charge in [0.15, 0.2) is 0 Å². The maximum atomic E-state index is 3.64. The fraction of sp³-hybridized carbons (Fsp3) is 0.714. The van der Waals surface area contributed by atoms with E-state index in [0.717, 1.165) is 0 Å². The van der Waals surface area contributed by atoms with Crippen LogP contribution in [0, 0.1) is 0 Å². The molecule has 0 N–H and O–H groups in total. The van der Waals surface area contributed by atoms with Crippen molar-refractivity contribution in [2.24, 2.45) is 0 Å². The fourth-order valence-electron chi connectivity index (χ4n) is 2.02. The van der Waals surface area contributed by atoms with Gasteiger partial charge in [-0.15, -0.1) is 0 Å². The van der Waals surface area contributed by atoms with Crippen LogP contribution in [0.1, 0.15) is 58.3 Å². The summed E-state index contributed by atoms with van der Waals surface area (Å²) in [6.45, 7) is 2.27. The van der Waals surface area contributed by atoms with Crippen LogP contribution in [0.15, 0.2) is 23.8 Å². The molecule has 0 radical (unpaired) electrons. The second kappa shape index (κ2) is 8.15. The monoisotopic (exact) mass is 270 g/mol. The summed E-state index contributed by atoms with van der Waals surface area (Å²) >= 11 is 3.64. The molecule has 0 aromatic heterocycles. The van der Waals surface area contributed by atoms with Crippen molar-refractivity contribution in [1.82, 2.24) is 0 Å². The van der Waals surface area contributed by atoms with Crippen molar-refractivity contribution >= 4 is 15.9 Å². The van der Waals surface area contributed by atoms with E-state index < -0.39 is 0 Å². The third-order valence-electron chi connectivity index (χ3n) is 2.96. The molecule has 1 rings (SSSR count). The molecule has 0 aromatic carbocycles. The highest BCUT2D eigenvalue weighted by molar-refractivity contribution is 9.09. The number of unbranched alkanes of at least 4 members (excludes halogenated alkanes) is 5. The van der Waals surface area contributed by atoms with E-state index in [4.69, 9.17) is 0 Å². The first-order valence-corrected chi connectivity index (χ1v) is 7.25. The number of halogens is 1. The van der Waals surface area contributed by atoms with Gasteiger partial charge in [0.25, 0.3) is 0 Å². The largest absolute Gasteiger partial charge is 0.0842 e. The lowest BCUT2D eigenvalue weighted by atomic mass is 9.98. The van der Waals surface area contributed by atoms with E-state index in [1.165, 1.54) is 51.4 Å².